The van der Waals surface area contributed by atoms with Crippen LogP contribution in [0, 0.1) is 0 Å². The van der Waals surface area contributed by atoms with Gasteiger partial charge in [0.05, 0.1) is 13.2 Å². The lowest BCUT2D eigenvalue weighted by molar-refractivity contribution is -0.116. The van der Waals surface area contributed by atoms with Crippen LogP contribution in [-0.4, -0.2) is 23.2 Å². The summed E-state index contributed by atoms with van der Waals surface area (Å²) in [6.07, 6.45) is 1.23. The number of hydrogen-bond acceptors (Lipinski definition) is 8. The molecule has 1 aromatic carbocycles. The Labute approximate surface area is 165 Å². The number of ketones is 1. The number of benzene rings is 1. The summed E-state index contributed by atoms with van der Waals surface area (Å²) in [5.41, 5.74) is 2.56. The molecule has 5 rings (SSSR count). The fourth-order valence-corrected chi connectivity index (χ4v) is 4.70. The first-order valence-electron chi connectivity index (χ1n) is 9.02. The number of allylic oxidation sites excluding steroid dienone is 1. The first-order valence-corrected chi connectivity index (χ1v) is 9.90. The quantitative estimate of drug-likeness (QED) is 0.691. The summed E-state index contributed by atoms with van der Waals surface area (Å²) in [5, 5.41) is 16.6. The first kappa shape index (κ1) is 17.0. The van der Waals surface area contributed by atoms with Crippen molar-refractivity contribution < 1.29 is 14.2 Å². The van der Waals surface area contributed by atoms with Crippen molar-refractivity contribution in [2.45, 2.75) is 24.8 Å². The molecule has 3 aromatic rings. The molecule has 8 heteroatoms. The number of ether oxygens (including phenoxy) is 1. The fourth-order valence-electron chi connectivity index (χ4n) is 3.87. The highest BCUT2D eigenvalue weighted by Crippen LogP contribution is 2.44. The Kier molecular flexibility index (Phi) is 4.12. The number of anilines is 2. The summed E-state index contributed by atoms with van der Waals surface area (Å²) in [7, 11) is 1.63. The Morgan fingerprint density at radius 3 is 2.71 bits per heavy atom. The molecular weight excluding hydrogens is 376 g/mol. The molecule has 142 valence electrons. The molecule has 0 saturated heterocycles. The number of hydrogen-bond donors (Lipinski definition) is 2. The van der Waals surface area contributed by atoms with Gasteiger partial charge in [-0.05, 0) is 45.9 Å². The van der Waals surface area contributed by atoms with E-state index < -0.39 is 0 Å². The molecule has 0 amide bonds. The number of rotatable bonds is 3. The summed E-state index contributed by atoms with van der Waals surface area (Å²) in [6, 6.07) is 11.5. The molecule has 7 nitrogen and oxygen atoms in total. The molecule has 1 aliphatic carbocycles. The number of fused-ring (bicyclic) bond motifs is 1. The van der Waals surface area contributed by atoms with Crippen molar-refractivity contribution in [1.82, 2.24) is 10.3 Å². The topological polar surface area (TPSA) is 89.3 Å². The van der Waals surface area contributed by atoms with Gasteiger partial charge < -0.3 is 15.4 Å². The number of thiophene rings is 1. The van der Waals surface area contributed by atoms with Crippen LogP contribution in [0.2, 0.25) is 0 Å². The van der Waals surface area contributed by atoms with E-state index in [1.807, 2.05) is 35.7 Å². The van der Waals surface area contributed by atoms with Gasteiger partial charge in [-0.3, -0.25) is 4.79 Å². The molecule has 0 unspecified atom stereocenters. The monoisotopic (exact) mass is 394 g/mol. The third-order valence-corrected chi connectivity index (χ3v) is 6.26. The van der Waals surface area contributed by atoms with E-state index >= 15 is 0 Å². The molecule has 0 spiro atoms. The number of nitrogens with one attached hydrogen (secondary N) is 2. The van der Waals surface area contributed by atoms with Gasteiger partial charge in [-0.15, -0.1) is 11.3 Å². The third-order valence-electron chi connectivity index (χ3n) is 5.23. The Morgan fingerprint density at radius 1 is 1.14 bits per heavy atom. The second-order valence-corrected chi connectivity index (χ2v) is 7.85. The van der Waals surface area contributed by atoms with Crippen LogP contribution in [0.4, 0.5) is 11.6 Å². The van der Waals surface area contributed by atoms with E-state index in [1.54, 1.807) is 18.4 Å². The van der Waals surface area contributed by atoms with Crippen molar-refractivity contribution >= 4 is 28.8 Å². The maximum Gasteiger partial charge on any atom is 0.219 e. The fraction of sp³-hybridized carbons (Fsp3) is 0.250. The molecule has 2 aromatic heterocycles. The van der Waals surface area contributed by atoms with Gasteiger partial charge in [-0.25, -0.2) is 4.63 Å². The molecular formula is C20H18N4O3S. The second-order valence-electron chi connectivity index (χ2n) is 6.87. The van der Waals surface area contributed by atoms with Crippen molar-refractivity contribution in [3.63, 3.8) is 0 Å². The highest BCUT2D eigenvalue weighted by molar-refractivity contribution is 7.10. The van der Waals surface area contributed by atoms with Gasteiger partial charge in [-0.1, -0.05) is 18.2 Å². The van der Waals surface area contributed by atoms with Crippen molar-refractivity contribution in [2.24, 2.45) is 0 Å². The lowest BCUT2D eigenvalue weighted by atomic mass is 9.81. The highest BCUT2D eigenvalue weighted by Gasteiger charge is 2.37. The normalized spacial score (nSPS) is 21.2. The maximum absolute atomic E-state index is 13.2. The van der Waals surface area contributed by atoms with E-state index in [-0.39, 0.29) is 17.7 Å². The predicted molar refractivity (Wildman–Crippen MR) is 106 cm³/mol. The van der Waals surface area contributed by atoms with E-state index in [4.69, 9.17) is 9.37 Å². The largest absolute Gasteiger partial charge is 0.497 e. The van der Waals surface area contributed by atoms with Gasteiger partial charge >= 0.3 is 0 Å². The minimum atomic E-state index is -0.335. The van der Waals surface area contributed by atoms with Crippen molar-refractivity contribution in [3.05, 3.63) is 63.5 Å². The lowest BCUT2D eigenvalue weighted by Crippen LogP contribution is -2.26. The summed E-state index contributed by atoms with van der Waals surface area (Å²) in [4.78, 5) is 14.5. The standard InChI is InChI=1S/C20H18N4O3S/c1-26-13-6-4-11(5-7-13)18-17-14(21-19-20(22-18)24-27-23-19)9-12(10-15(17)25)16-3-2-8-28-16/h2-8,12,18H,9-10H2,1H3,(H,21,23)(H,22,24)/t12-,18-/m0/s1. The average molecular weight is 394 g/mol. The number of carbonyl (C=O) groups is 1. The van der Waals surface area contributed by atoms with Crippen LogP contribution in [0.15, 0.2) is 57.7 Å². The third kappa shape index (κ3) is 2.86. The Hall–Kier alpha value is -3.13. The van der Waals surface area contributed by atoms with E-state index in [0.29, 0.717) is 18.1 Å². The van der Waals surface area contributed by atoms with E-state index in [0.717, 1.165) is 29.0 Å². The van der Waals surface area contributed by atoms with Gasteiger partial charge in [0.1, 0.15) is 5.75 Å². The SMILES string of the molecule is COc1ccc([C@@H]2Nc3nonc3NC3=C2C(=O)C[C@@H](c2cccs2)C3)cc1. The van der Waals surface area contributed by atoms with Crippen LogP contribution in [0.3, 0.4) is 0 Å². The number of methoxy groups -OCH3 is 1. The molecule has 3 heterocycles. The van der Waals surface area contributed by atoms with Gasteiger partial charge in [0, 0.05) is 28.5 Å². The molecule has 0 radical (unpaired) electrons. The number of carbonyl (C=O) groups excluding carboxylic acids is 1. The summed E-state index contributed by atoms with van der Waals surface area (Å²) < 4.78 is 10.2. The van der Waals surface area contributed by atoms with Crippen LogP contribution in [-0.2, 0) is 4.79 Å². The van der Waals surface area contributed by atoms with E-state index in [9.17, 15) is 4.79 Å². The minimum absolute atomic E-state index is 0.127. The number of nitrogens with zero attached hydrogens (tertiary/aromatic N) is 2. The summed E-state index contributed by atoms with van der Waals surface area (Å²) >= 11 is 1.69. The van der Waals surface area contributed by atoms with Crippen molar-refractivity contribution in [2.75, 3.05) is 17.7 Å². The van der Waals surface area contributed by atoms with Gasteiger partial charge in [0.2, 0.25) is 11.6 Å². The lowest BCUT2D eigenvalue weighted by Gasteiger charge is -2.29. The highest BCUT2D eigenvalue weighted by atomic mass is 32.1. The number of aromatic nitrogens is 2. The van der Waals surface area contributed by atoms with Crippen LogP contribution >= 0.6 is 11.3 Å². The molecule has 0 saturated carbocycles. The molecule has 2 atom stereocenters. The van der Waals surface area contributed by atoms with Gasteiger partial charge in [0.15, 0.2) is 5.78 Å². The van der Waals surface area contributed by atoms with Gasteiger partial charge in [-0.2, -0.15) is 0 Å². The molecule has 0 bridgehead atoms. The number of Topliss-reactive ketones (excluding diaryl/α,β-unsaturated/α-hetero) is 1. The van der Waals surface area contributed by atoms with Crippen LogP contribution in [0.5, 0.6) is 5.75 Å². The Bertz CT molecular complexity index is 1040. The smallest absolute Gasteiger partial charge is 0.219 e. The zero-order valence-corrected chi connectivity index (χ0v) is 16.0. The van der Waals surface area contributed by atoms with Crippen LogP contribution in [0.1, 0.15) is 35.2 Å². The predicted octanol–water partition coefficient (Wildman–Crippen LogP) is 4.12. The zero-order valence-electron chi connectivity index (χ0n) is 15.1. The van der Waals surface area contributed by atoms with Crippen molar-refractivity contribution in [1.29, 1.82) is 0 Å². The van der Waals surface area contributed by atoms with Crippen LogP contribution in [0.25, 0.3) is 0 Å². The van der Waals surface area contributed by atoms with Crippen LogP contribution < -0.4 is 15.4 Å². The van der Waals surface area contributed by atoms with E-state index in [2.05, 4.69) is 27.0 Å². The minimum Gasteiger partial charge on any atom is -0.497 e. The zero-order chi connectivity index (χ0) is 19.1. The van der Waals surface area contributed by atoms with Crippen molar-refractivity contribution in [3.8, 4) is 5.75 Å². The second kappa shape index (κ2) is 6.79. The summed E-state index contributed by atoms with van der Waals surface area (Å²) in [6.45, 7) is 0. The average Bonchev–Trinajstić information content (AvgIpc) is 3.37. The maximum atomic E-state index is 13.2. The molecule has 0 fully saturated rings. The molecule has 28 heavy (non-hydrogen) atoms. The van der Waals surface area contributed by atoms with Gasteiger partial charge in [0.25, 0.3) is 0 Å². The van der Waals surface area contributed by atoms with E-state index in [1.165, 1.54) is 4.88 Å². The Morgan fingerprint density at radius 2 is 1.96 bits per heavy atom. The summed E-state index contributed by atoms with van der Waals surface area (Å²) in [5.74, 6) is 2.05. The first-order chi connectivity index (χ1) is 13.7. The molecule has 2 aliphatic rings. The molecule has 1 aliphatic heterocycles. The Balaban J connectivity index is 1.59. The molecule has 2 N–H and O–H groups in total.